The van der Waals surface area contributed by atoms with Crippen LogP contribution >= 0.6 is 0 Å². The van der Waals surface area contributed by atoms with Gasteiger partial charge in [0.05, 0.1) is 25.7 Å². The normalized spacial score (nSPS) is 10.8. The summed E-state index contributed by atoms with van der Waals surface area (Å²) in [4.78, 5) is 12.8. The molecule has 2 N–H and O–H groups in total. The van der Waals surface area contributed by atoms with Gasteiger partial charge in [-0.05, 0) is 61.5 Å². The minimum atomic E-state index is -3.83. The number of anilines is 2. The number of hydrogen-bond donors (Lipinski definition) is 2. The average Bonchev–Trinajstić information content (AvgIpc) is 2.79. The highest BCUT2D eigenvalue weighted by molar-refractivity contribution is 7.92. The lowest BCUT2D eigenvalue weighted by Crippen LogP contribution is -2.15. The van der Waals surface area contributed by atoms with E-state index in [1.807, 2.05) is 6.92 Å². The van der Waals surface area contributed by atoms with Crippen LogP contribution < -0.4 is 24.2 Å². The molecule has 1 amide bonds. The quantitative estimate of drug-likeness (QED) is 0.501. The number of carbonyl (C=O) groups is 1. The van der Waals surface area contributed by atoms with Crippen molar-refractivity contribution in [1.82, 2.24) is 0 Å². The van der Waals surface area contributed by atoms with Crippen molar-refractivity contribution in [2.75, 3.05) is 30.9 Å². The van der Waals surface area contributed by atoms with Gasteiger partial charge >= 0.3 is 0 Å². The van der Waals surface area contributed by atoms with E-state index in [-0.39, 0.29) is 16.1 Å². The van der Waals surface area contributed by atoms with Crippen LogP contribution in [0.3, 0.4) is 0 Å². The van der Waals surface area contributed by atoms with Crippen molar-refractivity contribution in [3.8, 4) is 17.2 Å². The molecule has 32 heavy (non-hydrogen) atoms. The number of hydrogen-bond acceptors (Lipinski definition) is 6. The fraction of sp³-hybridized carbons (Fsp3) is 0.174. The summed E-state index contributed by atoms with van der Waals surface area (Å²) in [5.41, 5.74) is 1.05. The minimum absolute atomic E-state index is 0.0844. The van der Waals surface area contributed by atoms with Crippen LogP contribution in [0.25, 0.3) is 0 Å². The van der Waals surface area contributed by atoms with Crippen molar-refractivity contribution < 1.29 is 27.4 Å². The van der Waals surface area contributed by atoms with Crippen molar-refractivity contribution in [2.45, 2.75) is 11.8 Å². The molecule has 0 bridgehead atoms. The van der Waals surface area contributed by atoms with Crippen molar-refractivity contribution >= 4 is 27.3 Å². The van der Waals surface area contributed by atoms with Crippen LogP contribution in [0.5, 0.6) is 17.2 Å². The molecule has 3 aromatic rings. The summed E-state index contributed by atoms with van der Waals surface area (Å²) >= 11 is 0. The van der Waals surface area contributed by atoms with Gasteiger partial charge < -0.3 is 19.5 Å². The van der Waals surface area contributed by atoms with Gasteiger partial charge in [0.15, 0.2) is 11.5 Å². The fourth-order valence-electron chi connectivity index (χ4n) is 2.94. The summed E-state index contributed by atoms with van der Waals surface area (Å²) in [5, 5.41) is 2.76. The molecule has 0 aliphatic heterocycles. The molecule has 0 saturated heterocycles. The van der Waals surface area contributed by atoms with Crippen LogP contribution in [-0.2, 0) is 10.0 Å². The maximum absolute atomic E-state index is 12.7. The van der Waals surface area contributed by atoms with Crippen LogP contribution in [0.4, 0.5) is 11.4 Å². The van der Waals surface area contributed by atoms with Crippen LogP contribution in [-0.4, -0.2) is 35.2 Å². The lowest BCUT2D eigenvalue weighted by molar-refractivity contribution is 0.102. The summed E-state index contributed by atoms with van der Waals surface area (Å²) < 4.78 is 43.6. The summed E-state index contributed by atoms with van der Waals surface area (Å²) in [6, 6.07) is 17.3. The Labute approximate surface area is 187 Å². The topological polar surface area (TPSA) is 103 Å². The van der Waals surface area contributed by atoms with Crippen LogP contribution in [0.1, 0.15) is 17.3 Å². The number of rotatable bonds is 9. The molecule has 0 heterocycles. The molecule has 0 aliphatic carbocycles. The Morgan fingerprint density at radius 2 is 1.59 bits per heavy atom. The molecule has 168 valence electrons. The maximum Gasteiger partial charge on any atom is 0.261 e. The Balaban J connectivity index is 1.75. The Bertz CT molecular complexity index is 1190. The summed E-state index contributed by atoms with van der Waals surface area (Å²) in [7, 11) is -0.804. The zero-order chi connectivity index (χ0) is 23.1. The highest BCUT2D eigenvalue weighted by Gasteiger charge is 2.16. The van der Waals surface area contributed by atoms with Crippen molar-refractivity contribution in [3.63, 3.8) is 0 Å². The van der Waals surface area contributed by atoms with E-state index in [1.165, 1.54) is 32.4 Å². The van der Waals surface area contributed by atoms with Crippen molar-refractivity contribution in [2.24, 2.45) is 0 Å². The van der Waals surface area contributed by atoms with Gasteiger partial charge in [-0.15, -0.1) is 0 Å². The molecule has 0 radical (unpaired) electrons. The minimum Gasteiger partial charge on any atom is -0.494 e. The van der Waals surface area contributed by atoms with Gasteiger partial charge in [-0.1, -0.05) is 6.07 Å². The number of amides is 1. The molecule has 0 unspecified atom stereocenters. The third-order valence-corrected chi connectivity index (χ3v) is 5.86. The zero-order valence-electron chi connectivity index (χ0n) is 17.9. The number of nitrogens with one attached hydrogen (secondary N) is 2. The van der Waals surface area contributed by atoms with Gasteiger partial charge in [-0.3, -0.25) is 9.52 Å². The Morgan fingerprint density at radius 3 is 2.25 bits per heavy atom. The summed E-state index contributed by atoms with van der Waals surface area (Å²) in [5.74, 6) is 1.19. The smallest absolute Gasteiger partial charge is 0.261 e. The van der Waals surface area contributed by atoms with Crippen molar-refractivity contribution in [1.29, 1.82) is 0 Å². The second-order valence-electron chi connectivity index (χ2n) is 6.61. The molecule has 0 atom stereocenters. The van der Waals surface area contributed by atoms with E-state index in [9.17, 15) is 13.2 Å². The number of ether oxygens (including phenoxy) is 3. The molecule has 8 nitrogen and oxygen atoms in total. The van der Waals surface area contributed by atoms with E-state index in [0.717, 1.165) is 0 Å². The number of benzene rings is 3. The molecule has 0 spiro atoms. The number of carbonyl (C=O) groups excluding carboxylic acids is 1. The Kier molecular flexibility index (Phi) is 7.21. The number of sulfonamides is 1. The van der Waals surface area contributed by atoms with Gasteiger partial charge in [0.2, 0.25) is 0 Å². The third-order valence-electron chi connectivity index (χ3n) is 4.46. The molecule has 9 heteroatoms. The van der Waals surface area contributed by atoms with Crippen LogP contribution in [0, 0.1) is 0 Å². The lowest BCUT2D eigenvalue weighted by Gasteiger charge is -2.12. The number of methoxy groups -OCH3 is 2. The predicted molar refractivity (Wildman–Crippen MR) is 122 cm³/mol. The van der Waals surface area contributed by atoms with E-state index in [0.29, 0.717) is 29.5 Å². The molecule has 0 fully saturated rings. The van der Waals surface area contributed by atoms with Crippen LogP contribution in [0.2, 0.25) is 0 Å². The molecule has 0 aromatic heterocycles. The second kappa shape index (κ2) is 10.1. The summed E-state index contributed by atoms with van der Waals surface area (Å²) in [6.07, 6.45) is 0. The van der Waals surface area contributed by atoms with E-state index in [2.05, 4.69) is 10.0 Å². The first-order valence-electron chi connectivity index (χ1n) is 9.75. The molecule has 3 aromatic carbocycles. The van der Waals surface area contributed by atoms with E-state index < -0.39 is 15.9 Å². The first kappa shape index (κ1) is 23.0. The fourth-order valence-corrected chi connectivity index (χ4v) is 3.99. The second-order valence-corrected chi connectivity index (χ2v) is 8.30. The van der Waals surface area contributed by atoms with E-state index >= 15 is 0 Å². The van der Waals surface area contributed by atoms with Gasteiger partial charge in [-0.2, -0.15) is 0 Å². The van der Waals surface area contributed by atoms with Crippen LogP contribution in [0.15, 0.2) is 71.6 Å². The molecule has 3 rings (SSSR count). The standard InChI is InChI=1S/C23H24N2O6S/c1-4-31-19-9-11-20(12-10-19)32(27,28)25-18-7-5-6-16(14-18)23(26)24-17-8-13-21(29-2)22(15-17)30-3/h5-15,25H,4H2,1-3H3,(H,24,26). The molecular formula is C23H24N2O6S. The SMILES string of the molecule is CCOc1ccc(S(=O)(=O)Nc2cccc(C(=O)Nc3ccc(OC)c(OC)c3)c2)cc1. The first-order chi connectivity index (χ1) is 15.4. The van der Waals surface area contributed by atoms with Crippen molar-refractivity contribution in [3.05, 3.63) is 72.3 Å². The van der Waals surface area contributed by atoms with E-state index in [4.69, 9.17) is 14.2 Å². The van der Waals surface area contributed by atoms with Gasteiger partial charge in [-0.25, -0.2) is 8.42 Å². The Hall–Kier alpha value is -3.72. The van der Waals surface area contributed by atoms with Gasteiger partial charge in [0.25, 0.3) is 15.9 Å². The summed E-state index contributed by atoms with van der Waals surface area (Å²) in [6.45, 7) is 2.34. The largest absolute Gasteiger partial charge is 0.494 e. The highest BCUT2D eigenvalue weighted by Crippen LogP contribution is 2.30. The average molecular weight is 457 g/mol. The molecule has 0 saturated carbocycles. The third kappa shape index (κ3) is 5.50. The maximum atomic E-state index is 12.7. The van der Waals surface area contributed by atoms with Gasteiger partial charge in [0, 0.05) is 23.0 Å². The van der Waals surface area contributed by atoms with E-state index in [1.54, 1.807) is 48.5 Å². The lowest BCUT2D eigenvalue weighted by atomic mass is 10.2. The zero-order valence-corrected chi connectivity index (χ0v) is 18.7. The monoisotopic (exact) mass is 456 g/mol. The first-order valence-corrected chi connectivity index (χ1v) is 11.2. The Morgan fingerprint density at radius 1 is 0.875 bits per heavy atom. The molecular weight excluding hydrogens is 432 g/mol. The molecule has 0 aliphatic rings. The predicted octanol–water partition coefficient (Wildman–Crippen LogP) is 4.16. The highest BCUT2D eigenvalue weighted by atomic mass is 32.2. The van der Waals surface area contributed by atoms with Gasteiger partial charge in [0.1, 0.15) is 5.75 Å².